The molecule has 0 aliphatic heterocycles. The lowest BCUT2D eigenvalue weighted by atomic mass is 9.96. The van der Waals surface area contributed by atoms with Crippen molar-refractivity contribution in [2.24, 2.45) is 5.73 Å². The van der Waals surface area contributed by atoms with Gasteiger partial charge < -0.3 is 11.1 Å². The molecule has 1 aliphatic rings. The molecule has 0 saturated heterocycles. The van der Waals surface area contributed by atoms with Crippen molar-refractivity contribution in [3.63, 3.8) is 0 Å². The van der Waals surface area contributed by atoms with Crippen molar-refractivity contribution in [3.8, 4) is 0 Å². The molecule has 0 bridgehead atoms. The van der Waals surface area contributed by atoms with Crippen LogP contribution in [0, 0.1) is 0 Å². The molecule has 0 heterocycles. The molecular weight excluding hydrogens is 256 g/mol. The molecule has 19 heavy (non-hydrogen) atoms. The third-order valence-electron chi connectivity index (χ3n) is 3.91. The summed E-state index contributed by atoms with van der Waals surface area (Å²) in [6, 6.07) is 7.68. The number of nitrogens with one attached hydrogen (secondary N) is 1. The lowest BCUT2D eigenvalue weighted by Crippen LogP contribution is -2.54. The standard InChI is InChI=1S/C15H20N2OS/c1-2-11-5-7-12(8-6-11)13(18)17-15(14(16)19)9-3-4-10-15/h5-8H,2-4,9-10H2,1H3,(H2,16,19)(H,17,18). The van der Waals surface area contributed by atoms with E-state index in [1.165, 1.54) is 5.56 Å². The summed E-state index contributed by atoms with van der Waals surface area (Å²) >= 11 is 5.14. The Morgan fingerprint density at radius 3 is 2.37 bits per heavy atom. The molecule has 0 radical (unpaired) electrons. The highest BCUT2D eigenvalue weighted by atomic mass is 32.1. The number of aryl methyl sites for hydroxylation is 1. The number of thiocarbonyl (C=S) groups is 1. The smallest absolute Gasteiger partial charge is 0.252 e. The van der Waals surface area contributed by atoms with E-state index in [2.05, 4.69) is 12.2 Å². The molecule has 0 unspecified atom stereocenters. The van der Waals surface area contributed by atoms with Gasteiger partial charge in [0.15, 0.2) is 0 Å². The van der Waals surface area contributed by atoms with Crippen LogP contribution in [-0.2, 0) is 6.42 Å². The topological polar surface area (TPSA) is 55.1 Å². The average molecular weight is 276 g/mol. The van der Waals surface area contributed by atoms with Crippen LogP contribution in [0.25, 0.3) is 0 Å². The Morgan fingerprint density at radius 2 is 1.89 bits per heavy atom. The monoisotopic (exact) mass is 276 g/mol. The maximum absolute atomic E-state index is 12.3. The van der Waals surface area contributed by atoms with Gasteiger partial charge in [-0.2, -0.15) is 0 Å². The second-order valence-electron chi connectivity index (χ2n) is 5.16. The minimum atomic E-state index is -0.476. The summed E-state index contributed by atoms with van der Waals surface area (Å²) < 4.78 is 0. The fourth-order valence-electron chi connectivity index (χ4n) is 2.59. The van der Waals surface area contributed by atoms with Crippen molar-refractivity contribution in [1.29, 1.82) is 0 Å². The van der Waals surface area contributed by atoms with Crippen molar-refractivity contribution >= 4 is 23.1 Å². The van der Waals surface area contributed by atoms with Crippen LogP contribution in [0.4, 0.5) is 0 Å². The summed E-state index contributed by atoms with van der Waals surface area (Å²) in [5.41, 5.74) is 7.24. The van der Waals surface area contributed by atoms with E-state index in [1.54, 1.807) is 0 Å². The van der Waals surface area contributed by atoms with Gasteiger partial charge in [0, 0.05) is 5.56 Å². The fourth-order valence-corrected chi connectivity index (χ4v) is 2.85. The first kappa shape index (κ1) is 14.0. The van der Waals surface area contributed by atoms with Crippen LogP contribution in [0.2, 0.25) is 0 Å². The highest BCUT2D eigenvalue weighted by Crippen LogP contribution is 2.30. The number of benzene rings is 1. The third-order valence-corrected chi connectivity index (χ3v) is 4.30. The summed E-state index contributed by atoms with van der Waals surface area (Å²) in [7, 11) is 0. The van der Waals surface area contributed by atoms with Gasteiger partial charge in [0.25, 0.3) is 5.91 Å². The van der Waals surface area contributed by atoms with Crippen molar-refractivity contribution in [2.75, 3.05) is 0 Å². The molecule has 1 aromatic carbocycles. The van der Waals surface area contributed by atoms with E-state index in [0.717, 1.165) is 32.1 Å². The largest absolute Gasteiger partial charge is 0.391 e. The average Bonchev–Trinajstić information content (AvgIpc) is 2.88. The lowest BCUT2D eigenvalue weighted by Gasteiger charge is -2.29. The Kier molecular flexibility index (Phi) is 4.20. The van der Waals surface area contributed by atoms with E-state index < -0.39 is 5.54 Å². The first-order chi connectivity index (χ1) is 9.07. The Bertz CT molecular complexity index is 475. The van der Waals surface area contributed by atoms with Crippen LogP contribution in [0.1, 0.15) is 48.5 Å². The normalized spacial score (nSPS) is 17.1. The zero-order valence-corrected chi connectivity index (χ0v) is 12.1. The first-order valence-corrected chi connectivity index (χ1v) is 7.19. The summed E-state index contributed by atoms with van der Waals surface area (Å²) in [5, 5.41) is 3.04. The van der Waals surface area contributed by atoms with Gasteiger partial charge in [-0.1, -0.05) is 44.1 Å². The molecule has 0 spiro atoms. The predicted octanol–water partition coefficient (Wildman–Crippen LogP) is 2.58. The molecule has 1 saturated carbocycles. The van der Waals surface area contributed by atoms with E-state index in [-0.39, 0.29) is 5.91 Å². The highest BCUT2D eigenvalue weighted by molar-refractivity contribution is 7.80. The Balaban J connectivity index is 2.13. The number of amides is 1. The van der Waals surface area contributed by atoms with Gasteiger partial charge in [-0.15, -0.1) is 0 Å². The van der Waals surface area contributed by atoms with Crippen molar-refractivity contribution in [2.45, 2.75) is 44.6 Å². The maximum atomic E-state index is 12.3. The van der Waals surface area contributed by atoms with Crippen molar-refractivity contribution in [3.05, 3.63) is 35.4 Å². The molecule has 3 nitrogen and oxygen atoms in total. The van der Waals surface area contributed by atoms with Crippen LogP contribution in [0.15, 0.2) is 24.3 Å². The number of hydrogen-bond donors (Lipinski definition) is 2. The van der Waals surface area contributed by atoms with Gasteiger partial charge in [0.1, 0.15) is 0 Å². The molecule has 1 aromatic rings. The lowest BCUT2D eigenvalue weighted by molar-refractivity contribution is 0.0924. The maximum Gasteiger partial charge on any atom is 0.252 e. The molecular formula is C15H20N2OS. The van der Waals surface area contributed by atoms with E-state index in [0.29, 0.717) is 10.6 Å². The molecule has 1 fully saturated rings. The van der Waals surface area contributed by atoms with E-state index in [9.17, 15) is 4.79 Å². The van der Waals surface area contributed by atoms with E-state index in [4.69, 9.17) is 18.0 Å². The number of carbonyl (C=O) groups excluding carboxylic acids is 1. The highest BCUT2D eigenvalue weighted by Gasteiger charge is 2.38. The Labute approximate surface area is 119 Å². The molecule has 1 aliphatic carbocycles. The van der Waals surface area contributed by atoms with E-state index in [1.807, 2.05) is 24.3 Å². The van der Waals surface area contributed by atoms with Gasteiger partial charge >= 0.3 is 0 Å². The molecule has 1 amide bonds. The van der Waals surface area contributed by atoms with Crippen LogP contribution < -0.4 is 11.1 Å². The van der Waals surface area contributed by atoms with Crippen molar-refractivity contribution in [1.82, 2.24) is 5.32 Å². The predicted molar refractivity (Wildman–Crippen MR) is 81.3 cm³/mol. The van der Waals surface area contributed by atoms with Gasteiger partial charge in [0.05, 0.1) is 10.5 Å². The SMILES string of the molecule is CCc1ccc(C(=O)NC2(C(N)=S)CCCC2)cc1. The summed E-state index contributed by atoms with van der Waals surface area (Å²) in [6.07, 6.45) is 4.79. The molecule has 102 valence electrons. The van der Waals surface area contributed by atoms with E-state index >= 15 is 0 Å². The molecule has 4 heteroatoms. The Hall–Kier alpha value is -1.42. The number of rotatable bonds is 4. The summed E-state index contributed by atoms with van der Waals surface area (Å²) in [5.74, 6) is -0.0858. The zero-order valence-electron chi connectivity index (χ0n) is 11.2. The van der Waals surface area contributed by atoms with Gasteiger partial charge in [-0.3, -0.25) is 4.79 Å². The second kappa shape index (κ2) is 5.70. The van der Waals surface area contributed by atoms with Crippen molar-refractivity contribution < 1.29 is 4.79 Å². The fraction of sp³-hybridized carbons (Fsp3) is 0.467. The molecule has 0 atom stereocenters. The van der Waals surface area contributed by atoms with Crippen LogP contribution in [-0.4, -0.2) is 16.4 Å². The Morgan fingerprint density at radius 1 is 1.32 bits per heavy atom. The van der Waals surface area contributed by atoms with Gasteiger partial charge in [-0.25, -0.2) is 0 Å². The minimum absolute atomic E-state index is 0.0858. The summed E-state index contributed by atoms with van der Waals surface area (Å²) in [6.45, 7) is 2.09. The quantitative estimate of drug-likeness (QED) is 0.831. The molecule has 3 N–H and O–H groups in total. The second-order valence-corrected chi connectivity index (χ2v) is 5.60. The van der Waals surface area contributed by atoms with Gasteiger partial charge in [-0.05, 0) is 37.0 Å². The number of nitrogens with two attached hydrogens (primary N) is 1. The van der Waals surface area contributed by atoms with Crippen LogP contribution >= 0.6 is 12.2 Å². The minimum Gasteiger partial charge on any atom is -0.391 e. The van der Waals surface area contributed by atoms with Crippen LogP contribution in [0.5, 0.6) is 0 Å². The number of carbonyl (C=O) groups is 1. The van der Waals surface area contributed by atoms with Crippen LogP contribution in [0.3, 0.4) is 0 Å². The van der Waals surface area contributed by atoms with Gasteiger partial charge in [0.2, 0.25) is 0 Å². The summed E-state index contributed by atoms with van der Waals surface area (Å²) in [4.78, 5) is 12.7. The first-order valence-electron chi connectivity index (χ1n) is 6.79. The molecule has 2 rings (SSSR count). The third kappa shape index (κ3) is 2.95. The zero-order chi connectivity index (χ0) is 13.9. The molecule has 0 aromatic heterocycles. The number of hydrogen-bond acceptors (Lipinski definition) is 2.